The molecule has 2 aliphatic rings. The Balaban J connectivity index is 1.31. The van der Waals surface area contributed by atoms with Gasteiger partial charge in [0.25, 0.3) is 0 Å². The summed E-state index contributed by atoms with van der Waals surface area (Å²) in [4.78, 5) is 17.5. The molecule has 1 saturated heterocycles. The number of rotatable bonds is 4. The van der Waals surface area contributed by atoms with Gasteiger partial charge in [0.1, 0.15) is 17.3 Å². The third-order valence-corrected chi connectivity index (χ3v) is 6.94. The highest BCUT2D eigenvalue weighted by Crippen LogP contribution is 2.40. The molecule has 0 aliphatic carbocycles. The first kappa shape index (κ1) is 24.1. The molecule has 5 nitrogen and oxygen atoms in total. The predicted molar refractivity (Wildman–Crippen MR) is 140 cm³/mol. The summed E-state index contributed by atoms with van der Waals surface area (Å²) >= 11 is 0. The molecule has 0 bridgehead atoms. The Bertz CT molecular complexity index is 1300. The van der Waals surface area contributed by atoms with E-state index in [1.54, 1.807) is 30.3 Å². The number of anilines is 1. The number of halogens is 1. The maximum absolute atomic E-state index is 13.3. The highest BCUT2D eigenvalue weighted by atomic mass is 19.1. The first-order valence-electron chi connectivity index (χ1n) is 12.3. The van der Waals surface area contributed by atoms with Gasteiger partial charge >= 0.3 is 0 Å². The van der Waals surface area contributed by atoms with Gasteiger partial charge in [-0.25, -0.2) is 4.39 Å². The number of phenols is 1. The van der Waals surface area contributed by atoms with Gasteiger partial charge in [-0.15, -0.1) is 0 Å². The van der Waals surface area contributed by atoms with Crippen LogP contribution in [0.15, 0.2) is 66.4 Å². The molecule has 36 heavy (non-hydrogen) atoms. The van der Waals surface area contributed by atoms with Crippen molar-refractivity contribution in [3.8, 4) is 11.5 Å². The van der Waals surface area contributed by atoms with Crippen molar-refractivity contribution in [3.05, 3.63) is 94.5 Å². The van der Waals surface area contributed by atoms with E-state index in [2.05, 4.69) is 42.7 Å². The van der Waals surface area contributed by atoms with Crippen LogP contribution >= 0.6 is 0 Å². The second-order valence-corrected chi connectivity index (χ2v) is 10.5. The van der Waals surface area contributed by atoms with Crippen molar-refractivity contribution >= 4 is 17.5 Å². The van der Waals surface area contributed by atoms with Gasteiger partial charge in [0, 0.05) is 38.4 Å². The SMILES string of the molecule is CC(C)(C)c1ccc(/C=C2/Oc3c(ccc(O)c3CN3CCN(c4ccc(F)cc4)CC3)C2=O)cc1. The monoisotopic (exact) mass is 486 g/mol. The number of aromatic hydroxyl groups is 1. The average Bonchev–Trinajstić information content (AvgIpc) is 3.17. The summed E-state index contributed by atoms with van der Waals surface area (Å²) in [6.07, 6.45) is 1.76. The van der Waals surface area contributed by atoms with Crippen LogP contribution in [-0.2, 0) is 12.0 Å². The quantitative estimate of drug-likeness (QED) is 0.475. The number of ketones is 1. The zero-order chi connectivity index (χ0) is 25.4. The molecule has 0 spiro atoms. The molecule has 1 N–H and O–H groups in total. The van der Waals surface area contributed by atoms with Crippen molar-refractivity contribution in [2.75, 3.05) is 31.1 Å². The van der Waals surface area contributed by atoms with Gasteiger partial charge < -0.3 is 14.7 Å². The summed E-state index contributed by atoms with van der Waals surface area (Å²) in [5, 5.41) is 10.6. The van der Waals surface area contributed by atoms with Gasteiger partial charge in [-0.3, -0.25) is 9.69 Å². The number of carbonyl (C=O) groups excluding carboxylic acids is 1. The molecule has 0 aromatic heterocycles. The minimum atomic E-state index is -0.240. The zero-order valence-electron chi connectivity index (χ0n) is 20.9. The average molecular weight is 487 g/mol. The first-order chi connectivity index (χ1) is 17.2. The Morgan fingerprint density at radius 3 is 2.25 bits per heavy atom. The lowest BCUT2D eigenvalue weighted by Crippen LogP contribution is -2.46. The van der Waals surface area contributed by atoms with Crippen LogP contribution in [0.1, 0.15) is 47.8 Å². The number of fused-ring (bicyclic) bond motifs is 1. The lowest BCUT2D eigenvalue weighted by molar-refractivity contribution is 0.101. The van der Waals surface area contributed by atoms with Crippen LogP contribution < -0.4 is 9.64 Å². The highest BCUT2D eigenvalue weighted by molar-refractivity contribution is 6.15. The lowest BCUT2D eigenvalue weighted by Gasteiger charge is -2.36. The molecule has 186 valence electrons. The number of ether oxygens (including phenoxy) is 1. The Labute approximate surface area is 211 Å². The van der Waals surface area contributed by atoms with Crippen LogP contribution in [0.2, 0.25) is 0 Å². The maximum atomic E-state index is 13.3. The van der Waals surface area contributed by atoms with Crippen LogP contribution in [0.5, 0.6) is 11.5 Å². The Morgan fingerprint density at radius 2 is 1.61 bits per heavy atom. The molecular formula is C30H31FN2O3. The molecule has 5 rings (SSSR count). The molecule has 2 heterocycles. The molecular weight excluding hydrogens is 455 g/mol. The molecule has 3 aromatic rings. The maximum Gasteiger partial charge on any atom is 0.231 e. The summed E-state index contributed by atoms with van der Waals surface area (Å²) < 4.78 is 19.3. The summed E-state index contributed by atoms with van der Waals surface area (Å²) in [6.45, 7) is 10.1. The fourth-order valence-electron chi connectivity index (χ4n) is 4.72. The van der Waals surface area contributed by atoms with Crippen LogP contribution in [0.3, 0.4) is 0 Å². The zero-order valence-corrected chi connectivity index (χ0v) is 20.9. The number of hydrogen-bond donors (Lipinski definition) is 1. The van der Waals surface area contributed by atoms with E-state index in [-0.39, 0.29) is 28.5 Å². The van der Waals surface area contributed by atoms with E-state index in [1.807, 2.05) is 12.1 Å². The van der Waals surface area contributed by atoms with Gasteiger partial charge in [-0.2, -0.15) is 0 Å². The van der Waals surface area contributed by atoms with Gasteiger partial charge in [0.2, 0.25) is 5.78 Å². The van der Waals surface area contributed by atoms with E-state index in [1.165, 1.54) is 17.7 Å². The van der Waals surface area contributed by atoms with E-state index >= 15 is 0 Å². The molecule has 0 saturated carbocycles. The Hall–Kier alpha value is -3.64. The van der Waals surface area contributed by atoms with E-state index in [0.717, 1.165) is 37.4 Å². The number of benzene rings is 3. The normalized spacial score (nSPS) is 17.4. The fourth-order valence-corrected chi connectivity index (χ4v) is 4.72. The van der Waals surface area contributed by atoms with Crippen molar-refractivity contribution in [2.45, 2.75) is 32.7 Å². The second-order valence-electron chi connectivity index (χ2n) is 10.5. The Morgan fingerprint density at radius 1 is 0.944 bits per heavy atom. The third kappa shape index (κ3) is 4.86. The number of allylic oxidation sites excluding steroid dienone is 1. The van der Waals surface area contributed by atoms with Crippen LogP contribution in [0.4, 0.5) is 10.1 Å². The van der Waals surface area contributed by atoms with Crippen LogP contribution in [0.25, 0.3) is 6.08 Å². The van der Waals surface area contributed by atoms with E-state index < -0.39 is 0 Å². The smallest absolute Gasteiger partial charge is 0.231 e. The summed E-state index contributed by atoms with van der Waals surface area (Å²) in [5.74, 6) is 0.418. The number of phenolic OH excluding ortho intramolecular Hbond substituents is 1. The molecule has 0 atom stereocenters. The number of Topliss-reactive ketones (excluding diaryl/α,β-unsaturated/α-hetero) is 1. The molecule has 6 heteroatoms. The van der Waals surface area contributed by atoms with E-state index in [4.69, 9.17) is 4.74 Å². The first-order valence-corrected chi connectivity index (χ1v) is 12.3. The summed E-state index contributed by atoms with van der Waals surface area (Å²) in [7, 11) is 0. The fraction of sp³-hybridized carbons (Fsp3) is 0.300. The Kier molecular flexibility index (Phi) is 6.31. The summed E-state index contributed by atoms with van der Waals surface area (Å²) in [5.41, 5.74) is 4.27. The van der Waals surface area contributed by atoms with Crippen molar-refractivity contribution < 1.29 is 19.0 Å². The van der Waals surface area contributed by atoms with Gasteiger partial charge in [-0.05, 0) is 59.0 Å². The van der Waals surface area contributed by atoms with E-state index in [0.29, 0.717) is 23.4 Å². The molecule has 0 unspecified atom stereocenters. The predicted octanol–water partition coefficient (Wildman–Crippen LogP) is 5.77. The van der Waals surface area contributed by atoms with Crippen LogP contribution in [0, 0.1) is 5.82 Å². The topological polar surface area (TPSA) is 53.0 Å². The van der Waals surface area contributed by atoms with Gasteiger partial charge in [-0.1, -0.05) is 45.0 Å². The third-order valence-electron chi connectivity index (χ3n) is 6.94. The molecule has 2 aliphatic heterocycles. The second kappa shape index (κ2) is 9.43. The number of carbonyl (C=O) groups is 1. The standard InChI is InChI=1S/C30H31FN2O3/c1-30(2,3)21-6-4-20(5-7-21)18-27-28(35)24-12-13-26(34)25(29(24)36-27)19-32-14-16-33(17-15-32)23-10-8-22(31)9-11-23/h4-13,18,34H,14-17,19H2,1-3H3/b27-18+. The van der Waals surface area contributed by atoms with Crippen molar-refractivity contribution in [2.24, 2.45) is 0 Å². The minimum absolute atomic E-state index is 0.0541. The van der Waals surface area contributed by atoms with Gasteiger partial charge in [0.15, 0.2) is 5.76 Å². The number of nitrogens with zero attached hydrogens (tertiary/aromatic N) is 2. The van der Waals surface area contributed by atoms with Crippen molar-refractivity contribution in [3.63, 3.8) is 0 Å². The molecule has 1 fully saturated rings. The lowest BCUT2D eigenvalue weighted by atomic mass is 9.86. The minimum Gasteiger partial charge on any atom is -0.507 e. The number of hydrogen-bond acceptors (Lipinski definition) is 5. The van der Waals surface area contributed by atoms with Crippen molar-refractivity contribution in [1.82, 2.24) is 4.90 Å². The van der Waals surface area contributed by atoms with Crippen molar-refractivity contribution in [1.29, 1.82) is 0 Å². The largest absolute Gasteiger partial charge is 0.507 e. The van der Waals surface area contributed by atoms with Gasteiger partial charge in [0.05, 0.1) is 11.1 Å². The van der Waals surface area contributed by atoms with Crippen LogP contribution in [-0.4, -0.2) is 42.0 Å². The molecule has 3 aromatic carbocycles. The molecule has 0 amide bonds. The van der Waals surface area contributed by atoms with E-state index in [9.17, 15) is 14.3 Å². The summed E-state index contributed by atoms with van der Waals surface area (Å²) in [6, 6.07) is 17.9. The molecule has 0 radical (unpaired) electrons. The highest BCUT2D eigenvalue weighted by Gasteiger charge is 2.32. The number of piperazine rings is 1.